The molecular weight excluding hydrogens is 310 g/mol. The van der Waals surface area contributed by atoms with E-state index in [4.69, 9.17) is 15.6 Å². The zero-order valence-electron chi connectivity index (χ0n) is 12.5. The van der Waals surface area contributed by atoms with Crippen molar-refractivity contribution in [2.75, 3.05) is 20.7 Å². The monoisotopic (exact) mass is 331 g/mol. The predicted octanol–water partition coefficient (Wildman–Crippen LogP) is -0.237. The van der Waals surface area contributed by atoms with Crippen LogP contribution in [0.5, 0.6) is 5.75 Å². The van der Waals surface area contributed by atoms with E-state index in [0.29, 0.717) is 11.3 Å². The Bertz CT molecular complexity index is 605. The molecule has 124 valence electrons. The third-order valence-electron chi connectivity index (χ3n) is 3.14. The highest BCUT2D eigenvalue weighted by Crippen LogP contribution is 2.20. The maximum absolute atomic E-state index is 12.1. The topological polar surface area (TPSA) is 122 Å². The minimum absolute atomic E-state index is 0.00535. The molecule has 0 spiro atoms. The van der Waals surface area contributed by atoms with Gasteiger partial charge in [0.15, 0.2) is 0 Å². The lowest BCUT2D eigenvalue weighted by Crippen LogP contribution is -2.42. The minimum atomic E-state index is -3.73. The number of benzene rings is 1. The number of methoxy groups -OCH3 is 1. The van der Waals surface area contributed by atoms with Crippen LogP contribution < -0.4 is 15.2 Å². The third kappa shape index (κ3) is 4.95. The average Bonchev–Trinajstić information content (AvgIpc) is 2.50. The Balaban J connectivity index is 2.94. The highest BCUT2D eigenvalue weighted by molar-refractivity contribution is 7.87. The van der Waals surface area contributed by atoms with Crippen molar-refractivity contribution in [3.05, 3.63) is 29.8 Å². The Morgan fingerprint density at radius 1 is 1.45 bits per heavy atom. The largest absolute Gasteiger partial charge is 0.496 e. The predicted molar refractivity (Wildman–Crippen MR) is 81.6 cm³/mol. The first-order valence-corrected chi connectivity index (χ1v) is 8.04. The van der Waals surface area contributed by atoms with Gasteiger partial charge in [-0.25, -0.2) is 4.72 Å². The highest BCUT2D eigenvalue weighted by atomic mass is 32.2. The van der Waals surface area contributed by atoms with E-state index in [-0.39, 0.29) is 19.5 Å². The van der Waals surface area contributed by atoms with Crippen molar-refractivity contribution in [3.8, 4) is 5.75 Å². The van der Waals surface area contributed by atoms with Crippen LogP contribution in [0.25, 0.3) is 0 Å². The number of rotatable bonds is 9. The van der Waals surface area contributed by atoms with E-state index in [9.17, 15) is 13.2 Å². The summed E-state index contributed by atoms with van der Waals surface area (Å²) in [6, 6.07) is 5.90. The van der Waals surface area contributed by atoms with Crippen LogP contribution in [0.15, 0.2) is 24.3 Å². The Labute approximate surface area is 130 Å². The van der Waals surface area contributed by atoms with Crippen molar-refractivity contribution in [2.45, 2.75) is 19.0 Å². The summed E-state index contributed by atoms with van der Waals surface area (Å²) in [6.07, 6.45) is 0.00535. The molecule has 1 aromatic carbocycles. The Morgan fingerprint density at radius 2 is 2.09 bits per heavy atom. The maximum atomic E-state index is 12.1. The van der Waals surface area contributed by atoms with Gasteiger partial charge in [-0.05, 0) is 12.5 Å². The van der Waals surface area contributed by atoms with Crippen LogP contribution in [0.1, 0.15) is 12.0 Å². The molecule has 22 heavy (non-hydrogen) atoms. The maximum Gasteiger partial charge on any atom is 0.320 e. The van der Waals surface area contributed by atoms with Gasteiger partial charge < -0.3 is 15.6 Å². The number of carbonyl (C=O) groups is 1. The number of para-hydroxylation sites is 1. The quantitative estimate of drug-likeness (QED) is 0.574. The number of ether oxygens (including phenoxy) is 1. The van der Waals surface area contributed by atoms with Gasteiger partial charge in [-0.1, -0.05) is 18.2 Å². The van der Waals surface area contributed by atoms with Crippen molar-refractivity contribution in [2.24, 2.45) is 5.73 Å². The molecule has 9 heteroatoms. The van der Waals surface area contributed by atoms with Gasteiger partial charge in [-0.2, -0.15) is 12.7 Å². The molecule has 0 heterocycles. The summed E-state index contributed by atoms with van der Waals surface area (Å²) in [5, 5.41) is 8.80. The molecule has 1 atom stereocenters. The first-order chi connectivity index (χ1) is 10.3. The number of aliphatic carboxylic acids is 1. The van der Waals surface area contributed by atoms with Crippen LogP contribution in [0.2, 0.25) is 0 Å². The smallest absolute Gasteiger partial charge is 0.320 e. The van der Waals surface area contributed by atoms with Gasteiger partial charge in [0.25, 0.3) is 10.2 Å². The molecule has 0 aliphatic rings. The van der Waals surface area contributed by atoms with E-state index < -0.39 is 22.2 Å². The van der Waals surface area contributed by atoms with E-state index in [2.05, 4.69) is 4.72 Å². The summed E-state index contributed by atoms with van der Waals surface area (Å²) >= 11 is 0. The second-order valence-corrected chi connectivity index (χ2v) is 6.46. The molecule has 0 aliphatic carbocycles. The van der Waals surface area contributed by atoms with Crippen LogP contribution in [-0.2, 0) is 21.5 Å². The van der Waals surface area contributed by atoms with E-state index in [1.807, 2.05) is 0 Å². The Hall–Kier alpha value is -1.68. The van der Waals surface area contributed by atoms with Crippen LogP contribution >= 0.6 is 0 Å². The molecule has 0 aliphatic heterocycles. The van der Waals surface area contributed by atoms with Crippen molar-refractivity contribution < 1.29 is 23.1 Å². The number of carboxylic acids is 1. The first kappa shape index (κ1) is 18.4. The standard InChI is InChI=1S/C13H21N3O5S/c1-15-22(19,20)16(8-7-11(14)13(17)18)9-10-5-3-4-6-12(10)21-2/h3-6,11,15H,7-9,14H2,1-2H3,(H,17,18)/t11-/m0/s1. The molecule has 8 nitrogen and oxygen atoms in total. The summed E-state index contributed by atoms with van der Waals surface area (Å²) in [5.74, 6) is -0.611. The summed E-state index contributed by atoms with van der Waals surface area (Å²) in [7, 11) is -0.936. The second-order valence-electron chi connectivity index (χ2n) is 4.59. The number of nitrogens with one attached hydrogen (secondary N) is 1. The van der Waals surface area contributed by atoms with E-state index in [1.54, 1.807) is 24.3 Å². The molecule has 0 saturated carbocycles. The number of hydrogen-bond acceptors (Lipinski definition) is 5. The third-order valence-corrected chi connectivity index (χ3v) is 4.65. The van der Waals surface area contributed by atoms with Crippen LogP contribution in [0.3, 0.4) is 0 Å². The number of nitrogens with two attached hydrogens (primary N) is 1. The number of nitrogens with zero attached hydrogens (tertiary/aromatic N) is 1. The molecule has 0 unspecified atom stereocenters. The van der Waals surface area contributed by atoms with Gasteiger partial charge in [0, 0.05) is 25.7 Å². The minimum Gasteiger partial charge on any atom is -0.496 e. The molecular formula is C13H21N3O5S. The lowest BCUT2D eigenvalue weighted by molar-refractivity contribution is -0.138. The van der Waals surface area contributed by atoms with Crippen molar-refractivity contribution in [3.63, 3.8) is 0 Å². The summed E-state index contributed by atoms with van der Waals surface area (Å²) in [4.78, 5) is 10.8. The fourth-order valence-corrected chi connectivity index (χ4v) is 2.76. The molecule has 1 aromatic rings. The molecule has 0 bridgehead atoms. The fraction of sp³-hybridized carbons (Fsp3) is 0.462. The second kappa shape index (κ2) is 8.08. The first-order valence-electron chi connectivity index (χ1n) is 6.60. The summed E-state index contributed by atoms with van der Waals surface area (Å²) < 4.78 is 32.7. The molecule has 0 saturated heterocycles. The summed E-state index contributed by atoms with van der Waals surface area (Å²) in [6.45, 7) is 0.0359. The zero-order valence-corrected chi connectivity index (χ0v) is 13.3. The molecule has 1 rings (SSSR count). The normalized spacial score (nSPS) is 13.1. The molecule has 4 N–H and O–H groups in total. The zero-order chi connectivity index (χ0) is 16.8. The number of carboxylic acid groups (broad SMARTS) is 1. The van der Waals surface area contributed by atoms with Crippen LogP contribution in [0.4, 0.5) is 0 Å². The van der Waals surface area contributed by atoms with Crippen LogP contribution in [0, 0.1) is 0 Å². The Kier molecular flexibility index (Phi) is 6.75. The van der Waals surface area contributed by atoms with Crippen molar-refractivity contribution >= 4 is 16.2 Å². The molecule has 0 aromatic heterocycles. The van der Waals surface area contributed by atoms with Crippen LogP contribution in [-0.4, -0.2) is 50.5 Å². The van der Waals surface area contributed by atoms with Crippen molar-refractivity contribution in [1.29, 1.82) is 0 Å². The fourth-order valence-electron chi connectivity index (χ4n) is 1.84. The summed E-state index contributed by atoms with van der Waals surface area (Å²) in [5.41, 5.74) is 6.11. The average molecular weight is 331 g/mol. The van der Waals surface area contributed by atoms with Gasteiger partial charge in [-0.3, -0.25) is 4.79 Å². The molecule has 0 fully saturated rings. The van der Waals surface area contributed by atoms with E-state index in [0.717, 1.165) is 4.31 Å². The van der Waals surface area contributed by atoms with Gasteiger partial charge in [-0.15, -0.1) is 0 Å². The lowest BCUT2D eigenvalue weighted by atomic mass is 10.2. The highest BCUT2D eigenvalue weighted by Gasteiger charge is 2.23. The van der Waals surface area contributed by atoms with Gasteiger partial charge in [0.1, 0.15) is 11.8 Å². The molecule has 0 amide bonds. The van der Waals surface area contributed by atoms with Gasteiger partial charge in [0.05, 0.1) is 7.11 Å². The van der Waals surface area contributed by atoms with E-state index in [1.165, 1.54) is 14.2 Å². The van der Waals surface area contributed by atoms with Gasteiger partial charge >= 0.3 is 5.97 Å². The van der Waals surface area contributed by atoms with Crippen molar-refractivity contribution in [1.82, 2.24) is 9.03 Å². The Morgan fingerprint density at radius 3 is 2.64 bits per heavy atom. The SMILES string of the molecule is CNS(=O)(=O)N(CC[C@H](N)C(=O)O)Cc1ccccc1OC. The molecule has 0 radical (unpaired) electrons. The van der Waals surface area contributed by atoms with E-state index >= 15 is 0 Å². The lowest BCUT2D eigenvalue weighted by Gasteiger charge is -2.23. The number of hydrogen-bond donors (Lipinski definition) is 3. The van der Waals surface area contributed by atoms with Gasteiger partial charge in [0.2, 0.25) is 0 Å².